The molecule has 1 aliphatic rings. The number of hydrogen-bond donors (Lipinski definition) is 0. The lowest BCUT2D eigenvalue weighted by Crippen LogP contribution is -2.63. The number of benzene rings is 2. The molecule has 0 aromatic heterocycles. The minimum Gasteiger partial charge on any atom is -0.459 e. The van der Waals surface area contributed by atoms with Crippen molar-refractivity contribution in [2.75, 3.05) is 0 Å². The fourth-order valence-electron chi connectivity index (χ4n) is 5.08. The van der Waals surface area contributed by atoms with Crippen molar-refractivity contribution in [2.45, 2.75) is 87.1 Å². The van der Waals surface area contributed by atoms with Gasteiger partial charge < -0.3 is 4.74 Å². The van der Waals surface area contributed by atoms with Gasteiger partial charge in [0.15, 0.2) is 9.84 Å². The highest BCUT2D eigenvalue weighted by Crippen LogP contribution is 2.40. The highest BCUT2D eigenvalue weighted by Gasteiger charge is 2.53. The van der Waals surface area contributed by atoms with E-state index in [9.17, 15) is 21.6 Å². The molecule has 7 nitrogen and oxygen atoms in total. The number of ether oxygens (including phenoxy) is 1. The van der Waals surface area contributed by atoms with Crippen LogP contribution in [0.5, 0.6) is 0 Å². The van der Waals surface area contributed by atoms with Crippen molar-refractivity contribution >= 4 is 25.8 Å². The second-order valence-corrected chi connectivity index (χ2v) is 14.2. The molecule has 1 aliphatic heterocycles. The number of sulfonamides is 1. The molecule has 1 saturated heterocycles. The lowest BCUT2D eigenvalue weighted by molar-refractivity contribution is -0.151. The van der Waals surface area contributed by atoms with Gasteiger partial charge in [-0.2, -0.15) is 4.31 Å². The summed E-state index contributed by atoms with van der Waals surface area (Å²) in [4.78, 5) is 12.5. The maximum atomic E-state index is 14.1. The van der Waals surface area contributed by atoms with Crippen LogP contribution in [0.4, 0.5) is 0 Å². The van der Waals surface area contributed by atoms with Crippen LogP contribution in [-0.2, 0) is 29.4 Å². The van der Waals surface area contributed by atoms with Gasteiger partial charge in [-0.3, -0.25) is 4.79 Å². The molecule has 0 bridgehead atoms. The van der Waals surface area contributed by atoms with E-state index in [1.54, 1.807) is 54.6 Å². The van der Waals surface area contributed by atoms with E-state index in [0.717, 1.165) is 11.1 Å². The molecule has 0 saturated carbocycles. The summed E-state index contributed by atoms with van der Waals surface area (Å²) >= 11 is 0. The number of carbonyl (C=O) groups excluding carboxylic acids is 1. The first-order valence-electron chi connectivity index (χ1n) is 12.5. The molecule has 0 amide bonds. The first-order chi connectivity index (χ1) is 17.3. The van der Waals surface area contributed by atoms with Crippen LogP contribution in [0.15, 0.2) is 71.0 Å². The van der Waals surface area contributed by atoms with E-state index < -0.39 is 49.3 Å². The lowest BCUT2D eigenvalue weighted by Gasteiger charge is -2.48. The number of hydrogen-bond acceptors (Lipinski definition) is 6. The van der Waals surface area contributed by atoms with Gasteiger partial charge in [0.2, 0.25) is 10.0 Å². The van der Waals surface area contributed by atoms with Crippen LogP contribution in [-0.4, -0.2) is 50.5 Å². The number of nitrogens with zero attached hydrogens (tertiary/aromatic N) is 1. The number of carbonyl (C=O) groups is 1. The quantitative estimate of drug-likeness (QED) is 0.329. The predicted octanol–water partition coefficient (Wildman–Crippen LogP) is 4.83. The Morgan fingerprint density at radius 1 is 1.00 bits per heavy atom. The molecule has 0 spiro atoms. The minimum absolute atomic E-state index is 0.00503. The lowest BCUT2D eigenvalue weighted by atomic mass is 9.88. The molecule has 3 rings (SSSR count). The normalized spacial score (nSPS) is 23.1. The van der Waals surface area contributed by atoms with E-state index in [0.29, 0.717) is 6.42 Å². The molecule has 4 atom stereocenters. The molecule has 0 N–H and O–H groups in total. The van der Waals surface area contributed by atoms with Crippen molar-refractivity contribution in [2.24, 2.45) is 5.92 Å². The summed E-state index contributed by atoms with van der Waals surface area (Å²) in [5.74, 6) is -0.573. The topological polar surface area (TPSA) is 97.8 Å². The summed E-state index contributed by atoms with van der Waals surface area (Å²) in [6.07, 6.45) is 0.922. The molecule has 2 aromatic rings. The zero-order valence-corrected chi connectivity index (χ0v) is 23.8. The molecule has 1 heterocycles. The fraction of sp³-hybridized carbons (Fsp3) is 0.464. The Kier molecular flexibility index (Phi) is 9.03. The van der Waals surface area contributed by atoms with Crippen LogP contribution in [0.2, 0.25) is 0 Å². The number of esters is 1. The van der Waals surface area contributed by atoms with Crippen molar-refractivity contribution in [1.82, 2.24) is 4.31 Å². The van der Waals surface area contributed by atoms with E-state index in [2.05, 4.69) is 6.58 Å². The second-order valence-electron chi connectivity index (χ2n) is 10.2. The van der Waals surface area contributed by atoms with Gasteiger partial charge in [0.25, 0.3) is 0 Å². The Hall–Kier alpha value is -2.49. The van der Waals surface area contributed by atoms with Gasteiger partial charge in [0.1, 0.15) is 11.4 Å². The number of rotatable bonds is 9. The zero-order chi connectivity index (χ0) is 27.5. The highest BCUT2D eigenvalue weighted by molar-refractivity contribution is 7.92. The molecule has 0 aliphatic carbocycles. The Balaban J connectivity index is 2.22. The summed E-state index contributed by atoms with van der Waals surface area (Å²) in [5, 5.41) is -1.11. The molecule has 0 radical (unpaired) electrons. The molecule has 9 heteroatoms. The predicted molar refractivity (Wildman–Crippen MR) is 144 cm³/mol. The average Bonchev–Trinajstić information content (AvgIpc) is 2.80. The van der Waals surface area contributed by atoms with Crippen LogP contribution < -0.4 is 0 Å². The summed E-state index contributed by atoms with van der Waals surface area (Å²) in [6, 6.07) is 11.5. The molecular weight excluding hydrogens is 510 g/mol. The van der Waals surface area contributed by atoms with E-state index in [1.807, 2.05) is 27.7 Å². The monoisotopic (exact) mass is 547 g/mol. The third-order valence-electron chi connectivity index (χ3n) is 6.73. The smallest absolute Gasteiger partial charge is 0.303 e. The Morgan fingerprint density at radius 3 is 1.97 bits per heavy atom. The van der Waals surface area contributed by atoms with E-state index in [4.69, 9.17) is 4.74 Å². The van der Waals surface area contributed by atoms with Crippen molar-refractivity contribution < 1.29 is 26.4 Å². The first kappa shape index (κ1) is 29.1. The molecule has 37 heavy (non-hydrogen) atoms. The second kappa shape index (κ2) is 11.5. The Labute approximate surface area is 221 Å². The number of sulfone groups is 1. The first-order valence-corrected chi connectivity index (χ1v) is 15.5. The SMILES string of the molecule is C=CC[C@H]1[C@H](OC(C)=O)[C@@H](S(=O)(=O)c2ccc(C)cc2)C[C@H](CC(C)C)N1S(=O)(=O)c1ccc(C)cc1. The van der Waals surface area contributed by atoms with Gasteiger partial charge in [0.05, 0.1) is 15.8 Å². The Bertz CT molecular complexity index is 1320. The average molecular weight is 548 g/mol. The highest BCUT2D eigenvalue weighted by atomic mass is 32.2. The van der Waals surface area contributed by atoms with Gasteiger partial charge in [-0.1, -0.05) is 55.3 Å². The fourth-order valence-corrected chi connectivity index (χ4v) is 8.86. The van der Waals surface area contributed by atoms with E-state index >= 15 is 0 Å². The standard InChI is InChI=1S/C28H37NO6S2/c1-7-8-26-28(35-22(6)30)27(36(31,32)24-13-9-20(4)10-14-24)18-23(17-19(2)3)29(26)37(33,34)25-15-11-21(5)12-16-25/h7,9-16,19,23,26-28H,1,8,17-18H2,2-6H3/t23-,26-,27-,28-/m0/s1. The number of aryl methyl sites for hydroxylation is 2. The van der Waals surface area contributed by atoms with Gasteiger partial charge in [-0.05, 0) is 63.3 Å². The summed E-state index contributed by atoms with van der Waals surface area (Å²) < 4.78 is 63.1. The van der Waals surface area contributed by atoms with E-state index in [1.165, 1.54) is 11.2 Å². The molecule has 202 valence electrons. The van der Waals surface area contributed by atoms with Gasteiger partial charge in [0, 0.05) is 13.0 Å². The van der Waals surface area contributed by atoms with Crippen molar-refractivity contribution in [3.63, 3.8) is 0 Å². The van der Waals surface area contributed by atoms with Crippen molar-refractivity contribution in [3.8, 4) is 0 Å². The third-order valence-corrected chi connectivity index (χ3v) is 10.9. The van der Waals surface area contributed by atoms with Gasteiger partial charge in [-0.15, -0.1) is 6.58 Å². The van der Waals surface area contributed by atoms with Crippen LogP contribution in [0, 0.1) is 19.8 Å². The molecule has 1 fully saturated rings. The van der Waals surface area contributed by atoms with Gasteiger partial charge >= 0.3 is 5.97 Å². The Morgan fingerprint density at radius 2 is 1.51 bits per heavy atom. The van der Waals surface area contributed by atoms with Crippen LogP contribution in [0.25, 0.3) is 0 Å². The molecule has 2 aromatic carbocycles. The van der Waals surface area contributed by atoms with E-state index in [-0.39, 0.29) is 28.6 Å². The van der Waals surface area contributed by atoms with Crippen molar-refractivity contribution in [1.29, 1.82) is 0 Å². The van der Waals surface area contributed by atoms with Gasteiger partial charge in [-0.25, -0.2) is 16.8 Å². The molecule has 0 unspecified atom stereocenters. The summed E-state index contributed by atoms with van der Waals surface area (Å²) in [7, 11) is -8.02. The summed E-state index contributed by atoms with van der Waals surface area (Å²) in [5.41, 5.74) is 1.83. The van der Waals surface area contributed by atoms with Crippen LogP contribution >= 0.6 is 0 Å². The van der Waals surface area contributed by atoms with Crippen molar-refractivity contribution in [3.05, 3.63) is 72.3 Å². The third kappa shape index (κ3) is 6.33. The largest absolute Gasteiger partial charge is 0.459 e. The number of piperidine rings is 1. The minimum atomic E-state index is -4.05. The van der Waals surface area contributed by atoms with Crippen LogP contribution in [0.3, 0.4) is 0 Å². The molecular formula is C28H37NO6S2. The maximum Gasteiger partial charge on any atom is 0.303 e. The van der Waals surface area contributed by atoms with Crippen LogP contribution in [0.1, 0.15) is 51.2 Å². The maximum absolute atomic E-state index is 14.1. The summed E-state index contributed by atoms with van der Waals surface area (Å²) in [6.45, 7) is 12.7. The zero-order valence-electron chi connectivity index (χ0n) is 22.1.